The molecule has 0 aromatic carbocycles. The molecule has 0 aliphatic rings. The van der Waals surface area contributed by atoms with Gasteiger partial charge < -0.3 is 20.5 Å². The molecule has 1 atom stereocenters. The smallest absolute Gasteiger partial charge is 0.504 e. The molecule has 0 amide bonds. The van der Waals surface area contributed by atoms with Crippen molar-refractivity contribution < 1.29 is 19.6 Å². The SMILES string of the molecule is Cc1cc(OBO)cnc1C[C@H](N)C(=O)O. The van der Waals surface area contributed by atoms with Gasteiger partial charge in [0.2, 0.25) is 0 Å². The van der Waals surface area contributed by atoms with Crippen LogP contribution < -0.4 is 10.4 Å². The summed E-state index contributed by atoms with van der Waals surface area (Å²) < 4.78 is 4.84. The Morgan fingerprint density at radius 2 is 2.44 bits per heavy atom. The fraction of sp³-hybridized carbons (Fsp3) is 0.333. The minimum Gasteiger partial charge on any atom is -0.538 e. The quantitative estimate of drug-likeness (QED) is 0.553. The molecule has 0 unspecified atom stereocenters. The van der Waals surface area contributed by atoms with E-state index in [4.69, 9.17) is 20.5 Å². The molecule has 0 bridgehead atoms. The fourth-order valence-electron chi connectivity index (χ4n) is 1.24. The van der Waals surface area contributed by atoms with Gasteiger partial charge in [0.15, 0.2) is 0 Å². The molecule has 0 saturated carbocycles. The highest BCUT2D eigenvalue weighted by atomic mass is 16.5. The Labute approximate surface area is 93.4 Å². The van der Waals surface area contributed by atoms with Crippen LogP contribution in [0.1, 0.15) is 11.3 Å². The van der Waals surface area contributed by atoms with Crippen molar-refractivity contribution in [3.8, 4) is 5.75 Å². The number of carboxylic acids is 1. The van der Waals surface area contributed by atoms with Crippen LogP contribution in [-0.4, -0.2) is 34.8 Å². The summed E-state index contributed by atoms with van der Waals surface area (Å²) >= 11 is 0. The second-order valence-electron chi connectivity index (χ2n) is 3.36. The zero-order chi connectivity index (χ0) is 12.1. The summed E-state index contributed by atoms with van der Waals surface area (Å²) in [5, 5.41) is 17.2. The maximum Gasteiger partial charge on any atom is 0.504 e. The van der Waals surface area contributed by atoms with Crippen molar-refractivity contribution in [3.05, 3.63) is 23.5 Å². The molecule has 0 fully saturated rings. The standard InChI is InChI=1S/C9H13BN2O4/c1-5-2-6(16-10-15)4-12-8(5)3-7(11)9(13)14/h2,4,7,10,15H,3,11H2,1H3,(H,13,14)/t7-/m0/s1. The van der Waals surface area contributed by atoms with Gasteiger partial charge in [-0.15, -0.1) is 0 Å². The predicted octanol–water partition coefficient (Wildman–Crippen LogP) is -1.02. The molecule has 1 aromatic rings. The third kappa shape index (κ3) is 3.21. The van der Waals surface area contributed by atoms with Crippen molar-refractivity contribution in [2.24, 2.45) is 5.73 Å². The lowest BCUT2D eigenvalue weighted by Crippen LogP contribution is -2.32. The van der Waals surface area contributed by atoms with Crippen LogP contribution in [0.15, 0.2) is 12.3 Å². The monoisotopic (exact) mass is 224 g/mol. The molecule has 0 radical (unpaired) electrons. The average molecular weight is 224 g/mol. The highest BCUT2D eigenvalue weighted by Gasteiger charge is 2.14. The highest BCUT2D eigenvalue weighted by molar-refractivity contribution is 6.17. The summed E-state index contributed by atoms with van der Waals surface area (Å²) in [4.78, 5) is 14.6. The van der Waals surface area contributed by atoms with Crippen molar-refractivity contribution in [2.75, 3.05) is 0 Å². The molecule has 1 rings (SSSR count). The number of carbonyl (C=O) groups is 1. The van der Waals surface area contributed by atoms with E-state index in [9.17, 15) is 4.79 Å². The van der Waals surface area contributed by atoms with Gasteiger partial charge in [-0.1, -0.05) is 0 Å². The summed E-state index contributed by atoms with van der Waals surface area (Å²) in [5.74, 6) is -0.621. The second-order valence-corrected chi connectivity index (χ2v) is 3.36. The van der Waals surface area contributed by atoms with Crippen LogP contribution in [-0.2, 0) is 11.2 Å². The number of aliphatic carboxylic acids is 1. The topological polar surface area (TPSA) is 106 Å². The van der Waals surface area contributed by atoms with E-state index in [2.05, 4.69) is 4.98 Å². The summed E-state index contributed by atoms with van der Waals surface area (Å²) in [7, 11) is -0.422. The molecule has 4 N–H and O–H groups in total. The van der Waals surface area contributed by atoms with Gasteiger partial charge in [-0.25, -0.2) is 0 Å². The first kappa shape index (κ1) is 12.5. The maximum absolute atomic E-state index is 10.6. The number of pyridine rings is 1. The fourth-order valence-corrected chi connectivity index (χ4v) is 1.24. The van der Waals surface area contributed by atoms with Gasteiger partial charge in [0, 0.05) is 12.1 Å². The van der Waals surface area contributed by atoms with Crippen LogP contribution in [0, 0.1) is 6.92 Å². The molecule has 1 heterocycles. The highest BCUT2D eigenvalue weighted by Crippen LogP contribution is 2.14. The molecule has 0 spiro atoms. The van der Waals surface area contributed by atoms with E-state index in [1.807, 2.05) is 0 Å². The molecule has 7 heteroatoms. The Kier molecular flexibility index (Phi) is 4.27. The first-order valence-electron chi connectivity index (χ1n) is 4.72. The summed E-state index contributed by atoms with van der Waals surface area (Å²) in [6.07, 6.45) is 1.59. The van der Waals surface area contributed by atoms with Crippen LogP contribution in [0.3, 0.4) is 0 Å². The number of nitrogens with two attached hydrogens (primary N) is 1. The van der Waals surface area contributed by atoms with E-state index in [1.165, 1.54) is 6.20 Å². The maximum atomic E-state index is 10.6. The normalized spacial score (nSPS) is 11.9. The van der Waals surface area contributed by atoms with Crippen molar-refractivity contribution in [2.45, 2.75) is 19.4 Å². The zero-order valence-electron chi connectivity index (χ0n) is 8.88. The molecule has 6 nitrogen and oxygen atoms in total. The molecule has 0 aliphatic carbocycles. The van der Waals surface area contributed by atoms with Gasteiger partial charge in [0.1, 0.15) is 11.8 Å². The van der Waals surface area contributed by atoms with Gasteiger partial charge in [-0.2, -0.15) is 0 Å². The van der Waals surface area contributed by atoms with Crippen LogP contribution in [0.2, 0.25) is 0 Å². The number of hydrogen-bond donors (Lipinski definition) is 3. The van der Waals surface area contributed by atoms with E-state index in [0.29, 0.717) is 11.4 Å². The Morgan fingerprint density at radius 3 is 2.94 bits per heavy atom. The minimum absolute atomic E-state index is 0.167. The van der Waals surface area contributed by atoms with Gasteiger partial charge in [-0.05, 0) is 18.6 Å². The molecule has 0 saturated heterocycles. The van der Waals surface area contributed by atoms with Crippen LogP contribution in [0.5, 0.6) is 5.75 Å². The first-order valence-corrected chi connectivity index (χ1v) is 4.72. The van der Waals surface area contributed by atoms with E-state index >= 15 is 0 Å². The van der Waals surface area contributed by atoms with Crippen molar-refractivity contribution in [1.82, 2.24) is 4.98 Å². The predicted molar refractivity (Wildman–Crippen MR) is 58.3 cm³/mol. The van der Waals surface area contributed by atoms with Crippen molar-refractivity contribution in [3.63, 3.8) is 0 Å². The number of aromatic nitrogens is 1. The van der Waals surface area contributed by atoms with Crippen molar-refractivity contribution in [1.29, 1.82) is 0 Å². The van der Waals surface area contributed by atoms with Gasteiger partial charge >= 0.3 is 13.7 Å². The molecular formula is C9H13BN2O4. The van der Waals surface area contributed by atoms with Crippen LogP contribution >= 0.6 is 0 Å². The Bertz CT molecular complexity index is 386. The Hall–Kier alpha value is -1.60. The van der Waals surface area contributed by atoms with E-state index in [1.54, 1.807) is 13.0 Å². The Balaban J connectivity index is 2.78. The molecule has 1 aromatic heterocycles. The largest absolute Gasteiger partial charge is 0.538 e. The van der Waals surface area contributed by atoms with Gasteiger partial charge in [0.05, 0.1) is 6.20 Å². The number of nitrogens with zero attached hydrogens (tertiary/aromatic N) is 1. The number of aryl methyl sites for hydroxylation is 1. The zero-order valence-corrected chi connectivity index (χ0v) is 8.88. The van der Waals surface area contributed by atoms with Gasteiger partial charge in [-0.3, -0.25) is 9.78 Å². The molecule has 86 valence electrons. The second kappa shape index (κ2) is 5.48. The molecular weight excluding hydrogens is 211 g/mol. The Morgan fingerprint density at radius 1 is 1.75 bits per heavy atom. The summed E-state index contributed by atoms with van der Waals surface area (Å²) in [6, 6.07) is 0.712. The number of hydrogen-bond acceptors (Lipinski definition) is 5. The van der Waals surface area contributed by atoms with E-state index in [0.717, 1.165) is 5.56 Å². The molecule has 16 heavy (non-hydrogen) atoms. The third-order valence-electron chi connectivity index (χ3n) is 2.12. The van der Waals surface area contributed by atoms with Gasteiger partial charge in [0.25, 0.3) is 0 Å². The third-order valence-corrected chi connectivity index (χ3v) is 2.12. The average Bonchev–Trinajstić information content (AvgIpc) is 2.22. The summed E-state index contributed by atoms with van der Waals surface area (Å²) in [5.41, 5.74) is 6.79. The summed E-state index contributed by atoms with van der Waals surface area (Å²) in [6.45, 7) is 1.78. The molecule has 0 aliphatic heterocycles. The lowest BCUT2D eigenvalue weighted by atomic mass is 10.1. The first-order chi connectivity index (χ1) is 7.54. The van der Waals surface area contributed by atoms with E-state index in [-0.39, 0.29) is 6.42 Å². The minimum atomic E-state index is -1.06. The lowest BCUT2D eigenvalue weighted by molar-refractivity contribution is -0.138. The van der Waals surface area contributed by atoms with E-state index < -0.39 is 19.7 Å². The van der Waals surface area contributed by atoms with Crippen molar-refractivity contribution >= 4 is 13.7 Å². The van der Waals surface area contributed by atoms with Crippen LogP contribution in [0.25, 0.3) is 0 Å². The number of carboxylic acid groups (broad SMARTS) is 1. The number of rotatable bonds is 5. The van der Waals surface area contributed by atoms with Crippen LogP contribution in [0.4, 0.5) is 0 Å². The lowest BCUT2D eigenvalue weighted by Gasteiger charge is -2.10.